The van der Waals surface area contributed by atoms with Crippen molar-refractivity contribution in [3.63, 3.8) is 0 Å². The molecule has 0 heterocycles. The predicted octanol–water partition coefficient (Wildman–Crippen LogP) is 1.19. The van der Waals surface area contributed by atoms with Crippen LogP contribution < -0.4 is 11.1 Å². The van der Waals surface area contributed by atoms with Crippen molar-refractivity contribution < 1.29 is 19.5 Å². The number of halogens is 1. The summed E-state index contributed by atoms with van der Waals surface area (Å²) in [5.74, 6) is -2.40. The largest absolute Gasteiger partial charge is 0.480 e. The van der Waals surface area contributed by atoms with Gasteiger partial charge >= 0.3 is 5.97 Å². The fourth-order valence-electron chi connectivity index (χ4n) is 1.51. The van der Waals surface area contributed by atoms with Crippen molar-refractivity contribution in [1.82, 2.24) is 5.32 Å². The van der Waals surface area contributed by atoms with Crippen molar-refractivity contribution in [1.29, 1.82) is 0 Å². The van der Waals surface area contributed by atoms with E-state index in [1.165, 1.54) is 12.2 Å². The van der Waals surface area contributed by atoms with Gasteiger partial charge in [0.15, 0.2) is 0 Å². The first-order chi connectivity index (χ1) is 9.88. The normalized spacial score (nSPS) is 12.0. The number of primary amides is 1. The van der Waals surface area contributed by atoms with Crippen LogP contribution in [0.4, 0.5) is 0 Å². The molecule has 0 aliphatic carbocycles. The molecule has 7 heteroatoms. The number of carbonyl (C=O) groups excluding carboxylic acids is 2. The van der Waals surface area contributed by atoms with Gasteiger partial charge in [-0.3, -0.25) is 9.59 Å². The molecule has 0 aromatic heterocycles. The van der Waals surface area contributed by atoms with Crippen molar-refractivity contribution >= 4 is 35.5 Å². The molecule has 0 saturated heterocycles. The Labute approximate surface area is 126 Å². The molecule has 21 heavy (non-hydrogen) atoms. The minimum atomic E-state index is -1.22. The third-order valence-electron chi connectivity index (χ3n) is 2.59. The Morgan fingerprint density at radius 3 is 2.43 bits per heavy atom. The Balaban J connectivity index is 2.59. The minimum absolute atomic E-state index is 0.0504. The summed E-state index contributed by atoms with van der Waals surface area (Å²) in [4.78, 5) is 33.2. The van der Waals surface area contributed by atoms with Crippen molar-refractivity contribution in [3.8, 4) is 0 Å². The van der Waals surface area contributed by atoms with Gasteiger partial charge in [-0.15, -0.1) is 0 Å². The van der Waals surface area contributed by atoms with Crippen LogP contribution in [0.3, 0.4) is 0 Å². The molecule has 0 aliphatic heterocycles. The highest BCUT2D eigenvalue weighted by molar-refractivity contribution is 6.30. The topological polar surface area (TPSA) is 109 Å². The number of carbonyl (C=O) groups is 3. The summed E-state index contributed by atoms with van der Waals surface area (Å²) in [7, 11) is 0. The molecular weight excluding hydrogens is 296 g/mol. The number of hydrogen-bond acceptors (Lipinski definition) is 3. The molecule has 4 N–H and O–H groups in total. The highest BCUT2D eigenvalue weighted by atomic mass is 35.5. The third-order valence-corrected chi connectivity index (χ3v) is 2.84. The summed E-state index contributed by atoms with van der Waals surface area (Å²) in [6.45, 7) is 0. The van der Waals surface area contributed by atoms with E-state index >= 15 is 0 Å². The average molecular weight is 311 g/mol. The SMILES string of the molecule is NC(=O)CC[C@@H](NC(=O)/C=C/c1ccc(Cl)cc1)C(=O)O. The van der Waals surface area contributed by atoms with Crippen molar-refractivity contribution in [2.45, 2.75) is 18.9 Å². The number of aliphatic carboxylic acids is 1. The quantitative estimate of drug-likeness (QED) is 0.657. The van der Waals surface area contributed by atoms with Gasteiger partial charge in [-0.25, -0.2) is 4.79 Å². The van der Waals surface area contributed by atoms with Crippen molar-refractivity contribution in [2.75, 3.05) is 0 Å². The van der Waals surface area contributed by atoms with Crippen LogP contribution in [0.5, 0.6) is 0 Å². The molecule has 2 amide bonds. The van der Waals surface area contributed by atoms with E-state index in [0.29, 0.717) is 5.02 Å². The highest BCUT2D eigenvalue weighted by Crippen LogP contribution is 2.10. The fourth-order valence-corrected chi connectivity index (χ4v) is 1.64. The van der Waals surface area contributed by atoms with Crippen LogP contribution in [0.25, 0.3) is 6.08 Å². The maximum atomic E-state index is 11.6. The van der Waals surface area contributed by atoms with Gasteiger partial charge < -0.3 is 16.2 Å². The molecule has 0 fully saturated rings. The van der Waals surface area contributed by atoms with Crippen LogP contribution in [0.15, 0.2) is 30.3 Å². The monoisotopic (exact) mass is 310 g/mol. The predicted molar refractivity (Wildman–Crippen MR) is 78.5 cm³/mol. The zero-order valence-electron chi connectivity index (χ0n) is 11.1. The van der Waals surface area contributed by atoms with Crippen molar-refractivity contribution in [3.05, 3.63) is 40.9 Å². The van der Waals surface area contributed by atoms with Gasteiger partial charge in [0.25, 0.3) is 0 Å². The standard InChI is InChI=1S/C14H15ClN2O4/c15-10-4-1-9(2-5-10)3-8-13(19)17-11(14(20)21)6-7-12(16)18/h1-5,8,11H,6-7H2,(H2,16,18)(H,17,19)(H,20,21)/b8-3+/t11-/m1/s1. The number of benzene rings is 1. The fraction of sp³-hybridized carbons (Fsp3) is 0.214. The van der Waals surface area contributed by atoms with Crippen LogP contribution in [0.2, 0.25) is 5.02 Å². The molecule has 0 aliphatic rings. The number of nitrogens with one attached hydrogen (secondary N) is 1. The summed E-state index contributed by atoms with van der Waals surface area (Å²) < 4.78 is 0. The van der Waals surface area contributed by atoms with Crippen LogP contribution in [0.1, 0.15) is 18.4 Å². The van der Waals surface area contributed by atoms with Crippen LogP contribution in [-0.2, 0) is 14.4 Å². The maximum Gasteiger partial charge on any atom is 0.326 e. The number of amides is 2. The molecule has 0 radical (unpaired) electrons. The van der Waals surface area contributed by atoms with Gasteiger partial charge in [-0.1, -0.05) is 23.7 Å². The Bertz CT molecular complexity index is 555. The van der Waals surface area contributed by atoms with E-state index in [-0.39, 0.29) is 12.8 Å². The summed E-state index contributed by atoms with van der Waals surface area (Å²) >= 11 is 5.73. The molecule has 0 saturated carbocycles. The lowest BCUT2D eigenvalue weighted by atomic mass is 10.1. The Kier molecular flexibility index (Phi) is 6.42. The second-order valence-electron chi connectivity index (χ2n) is 4.29. The highest BCUT2D eigenvalue weighted by Gasteiger charge is 2.19. The van der Waals surface area contributed by atoms with Crippen LogP contribution >= 0.6 is 11.6 Å². The van der Waals surface area contributed by atoms with Crippen LogP contribution in [0, 0.1) is 0 Å². The lowest BCUT2D eigenvalue weighted by Gasteiger charge is -2.11. The zero-order valence-corrected chi connectivity index (χ0v) is 11.8. The van der Waals surface area contributed by atoms with Gasteiger partial charge in [0.05, 0.1) is 0 Å². The number of carboxylic acids is 1. The smallest absolute Gasteiger partial charge is 0.326 e. The molecule has 0 spiro atoms. The third kappa shape index (κ3) is 6.58. The Morgan fingerprint density at radius 1 is 1.29 bits per heavy atom. The average Bonchev–Trinajstić information content (AvgIpc) is 2.42. The van der Waals surface area contributed by atoms with E-state index in [1.54, 1.807) is 24.3 Å². The van der Waals surface area contributed by atoms with Crippen LogP contribution in [-0.4, -0.2) is 28.9 Å². The summed E-state index contributed by atoms with van der Waals surface area (Å²) in [5, 5.41) is 11.8. The molecule has 1 aromatic carbocycles. The first-order valence-corrected chi connectivity index (χ1v) is 6.51. The molecule has 1 aromatic rings. The Hall–Kier alpha value is -2.34. The summed E-state index contributed by atoms with van der Waals surface area (Å²) in [6, 6.07) is 5.62. The lowest BCUT2D eigenvalue weighted by molar-refractivity contribution is -0.141. The molecule has 0 bridgehead atoms. The first kappa shape index (κ1) is 16.7. The molecule has 6 nitrogen and oxygen atoms in total. The summed E-state index contributed by atoms with van der Waals surface area (Å²) in [5.41, 5.74) is 5.70. The van der Waals surface area contributed by atoms with Crippen molar-refractivity contribution in [2.24, 2.45) is 5.73 Å². The second-order valence-corrected chi connectivity index (χ2v) is 4.73. The van der Waals surface area contributed by atoms with Gasteiger partial charge in [-0.05, 0) is 30.2 Å². The van der Waals surface area contributed by atoms with E-state index < -0.39 is 23.8 Å². The number of nitrogens with two attached hydrogens (primary N) is 1. The molecule has 0 unspecified atom stereocenters. The van der Waals surface area contributed by atoms with E-state index in [2.05, 4.69) is 5.32 Å². The van der Waals surface area contributed by atoms with E-state index in [0.717, 1.165) is 5.56 Å². The van der Waals surface area contributed by atoms with Gasteiger partial charge in [0.2, 0.25) is 11.8 Å². The number of carboxylic acid groups (broad SMARTS) is 1. The second kappa shape index (κ2) is 8.06. The zero-order chi connectivity index (χ0) is 15.8. The summed E-state index contributed by atoms with van der Waals surface area (Å²) in [6.07, 6.45) is 2.57. The molecule has 112 valence electrons. The van der Waals surface area contributed by atoms with E-state index in [9.17, 15) is 14.4 Å². The number of hydrogen-bond donors (Lipinski definition) is 3. The minimum Gasteiger partial charge on any atom is -0.480 e. The van der Waals surface area contributed by atoms with E-state index in [1.807, 2.05) is 0 Å². The molecular formula is C14H15ClN2O4. The molecule has 1 rings (SSSR count). The van der Waals surface area contributed by atoms with Gasteiger partial charge in [-0.2, -0.15) is 0 Å². The lowest BCUT2D eigenvalue weighted by Crippen LogP contribution is -2.40. The number of rotatable bonds is 7. The van der Waals surface area contributed by atoms with Gasteiger partial charge in [0.1, 0.15) is 6.04 Å². The molecule has 1 atom stereocenters. The Morgan fingerprint density at radius 2 is 1.90 bits per heavy atom. The van der Waals surface area contributed by atoms with Gasteiger partial charge in [0, 0.05) is 17.5 Å². The van der Waals surface area contributed by atoms with E-state index in [4.69, 9.17) is 22.4 Å². The maximum absolute atomic E-state index is 11.6. The first-order valence-electron chi connectivity index (χ1n) is 6.13.